The summed E-state index contributed by atoms with van der Waals surface area (Å²) >= 11 is 0. The average molecular weight is 268 g/mol. The minimum atomic E-state index is 0.442. The SMILES string of the molecule is CCC(NC)c1ccc(-c2cccc(N(C)C)c2)cc1. The Morgan fingerprint density at radius 3 is 2.25 bits per heavy atom. The van der Waals surface area contributed by atoms with E-state index >= 15 is 0 Å². The van der Waals surface area contributed by atoms with Gasteiger partial charge in [-0.1, -0.05) is 43.3 Å². The lowest BCUT2D eigenvalue weighted by molar-refractivity contribution is 0.577. The number of benzene rings is 2. The molecule has 0 aliphatic carbocycles. The predicted molar refractivity (Wildman–Crippen MR) is 88.3 cm³/mol. The molecule has 0 aromatic heterocycles. The number of hydrogen-bond acceptors (Lipinski definition) is 2. The zero-order chi connectivity index (χ0) is 14.5. The van der Waals surface area contributed by atoms with Gasteiger partial charge in [-0.25, -0.2) is 0 Å². The summed E-state index contributed by atoms with van der Waals surface area (Å²) in [4.78, 5) is 2.13. The van der Waals surface area contributed by atoms with E-state index in [4.69, 9.17) is 0 Å². The molecule has 0 radical (unpaired) electrons. The van der Waals surface area contributed by atoms with E-state index in [0.29, 0.717) is 6.04 Å². The topological polar surface area (TPSA) is 15.3 Å². The molecule has 2 aromatic carbocycles. The van der Waals surface area contributed by atoms with Crippen LogP contribution in [0.3, 0.4) is 0 Å². The average Bonchev–Trinajstić information content (AvgIpc) is 2.49. The van der Waals surface area contributed by atoms with Gasteiger partial charge in [0.05, 0.1) is 0 Å². The lowest BCUT2D eigenvalue weighted by atomic mass is 9.99. The van der Waals surface area contributed by atoms with Gasteiger partial charge in [0.15, 0.2) is 0 Å². The second-order valence-corrected chi connectivity index (χ2v) is 5.32. The highest BCUT2D eigenvalue weighted by molar-refractivity contribution is 5.68. The van der Waals surface area contributed by atoms with Crippen molar-refractivity contribution in [1.82, 2.24) is 5.32 Å². The van der Waals surface area contributed by atoms with Crippen LogP contribution in [0.4, 0.5) is 5.69 Å². The third-order valence-corrected chi connectivity index (χ3v) is 3.77. The molecule has 20 heavy (non-hydrogen) atoms. The highest BCUT2D eigenvalue weighted by Gasteiger charge is 2.06. The van der Waals surface area contributed by atoms with Crippen molar-refractivity contribution in [1.29, 1.82) is 0 Å². The highest BCUT2D eigenvalue weighted by atomic mass is 15.1. The fourth-order valence-electron chi connectivity index (χ4n) is 2.48. The number of hydrogen-bond donors (Lipinski definition) is 1. The fraction of sp³-hybridized carbons (Fsp3) is 0.333. The first-order chi connectivity index (χ1) is 9.65. The van der Waals surface area contributed by atoms with E-state index in [2.05, 4.69) is 79.8 Å². The van der Waals surface area contributed by atoms with Crippen molar-refractivity contribution in [2.75, 3.05) is 26.0 Å². The molecule has 0 saturated carbocycles. The largest absolute Gasteiger partial charge is 0.378 e. The van der Waals surface area contributed by atoms with Crippen molar-refractivity contribution in [2.24, 2.45) is 0 Å². The van der Waals surface area contributed by atoms with Gasteiger partial charge in [0.25, 0.3) is 0 Å². The summed E-state index contributed by atoms with van der Waals surface area (Å²) in [6.07, 6.45) is 1.10. The zero-order valence-electron chi connectivity index (χ0n) is 12.9. The molecule has 1 atom stereocenters. The summed E-state index contributed by atoms with van der Waals surface area (Å²) in [5.74, 6) is 0. The van der Waals surface area contributed by atoms with Crippen LogP contribution in [-0.4, -0.2) is 21.1 Å². The van der Waals surface area contributed by atoms with E-state index in [1.54, 1.807) is 0 Å². The van der Waals surface area contributed by atoms with Gasteiger partial charge in [0.1, 0.15) is 0 Å². The van der Waals surface area contributed by atoms with Crippen LogP contribution < -0.4 is 10.2 Å². The van der Waals surface area contributed by atoms with Gasteiger partial charge in [-0.2, -0.15) is 0 Å². The van der Waals surface area contributed by atoms with Crippen molar-refractivity contribution < 1.29 is 0 Å². The Morgan fingerprint density at radius 1 is 1.00 bits per heavy atom. The molecular weight excluding hydrogens is 244 g/mol. The predicted octanol–water partition coefficient (Wildman–Crippen LogP) is 4.09. The highest BCUT2D eigenvalue weighted by Crippen LogP contribution is 2.26. The van der Waals surface area contributed by atoms with Gasteiger partial charge < -0.3 is 10.2 Å². The Morgan fingerprint density at radius 2 is 1.70 bits per heavy atom. The maximum Gasteiger partial charge on any atom is 0.0367 e. The van der Waals surface area contributed by atoms with Crippen LogP contribution in [0.25, 0.3) is 11.1 Å². The van der Waals surface area contributed by atoms with E-state index in [0.717, 1.165) is 6.42 Å². The molecule has 2 nitrogen and oxygen atoms in total. The maximum atomic E-state index is 3.34. The molecule has 0 fully saturated rings. The van der Waals surface area contributed by atoms with Crippen LogP contribution in [0.5, 0.6) is 0 Å². The molecule has 0 saturated heterocycles. The number of rotatable bonds is 5. The summed E-state index contributed by atoms with van der Waals surface area (Å²) in [7, 11) is 6.16. The second kappa shape index (κ2) is 6.58. The minimum Gasteiger partial charge on any atom is -0.378 e. The van der Waals surface area contributed by atoms with Gasteiger partial charge in [0.2, 0.25) is 0 Å². The monoisotopic (exact) mass is 268 g/mol. The van der Waals surface area contributed by atoms with Crippen LogP contribution in [0.1, 0.15) is 24.9 Å². The van der Waals surface area contributed by atoms with Crippen molar-refractivity contribution >= 4 is 5.69 Å². The maximum absolute atomic E-state index is 3.34. The first-order valence-corrected chi connectivity index (χ1v) is 7.20. The zero-order valence-corrected chi connectivity index (χ0v) is 12.9. The third-order valence-electron chi connectivity index (χ3n) is 3.77. The molecule has 0 aliphatic rings. The standard InChI is InChI=1S/C18H24N2/c1-5-18(19-2)15-11-9-14(10-12-15)16-7-6-8-17(13-16)20(3)4/h6-13,18-19H,5H2,1-4H3. The Kier molecular flexibility index (Phi) is 4.80. The molecule has 0 bridgehead atoms. The first-order valence-electron chi connectivity index (χ1n) is 7.20. The molecule has 2 rings (SSSR count). The molecule has 0 aliphatic heterocycles. The van der Waals surface area contributed by atoms with Crippen LogP contribution in [0.15, 0.2) is 48.5 Å². The van der Waals surface area contributed by atoms with Gasteiger partial charge in [-0.05, 0) is 42.3 Å². The van der Waals surface area contributed by atoms with Crippen LogP contribution in [0, 0.1) is 0 Å². The van der Waals surface area contributed by atoms with Crippen LogP contribution >= 0.6 is 0 Å². The molecule has 2 aromatic rings. The lowest BCUT2D eigenvalue weighted by Crippen LogP contribution is -2.14. The van der Waals surface area contributed by atoms with E-state index in [1.807, 2.05) is 7.05 Å². The second-order valence-electron chi connectivity index (χ2n) is 5.32. The minimum absolute atomic E-state index is 0.442. The van der Waals surface area contributed by atoms with Crippen molar-refractivity contribution in [3.8, 4) is 11.1 Å². The number of anilines is 1. The molecule has 0 heterocycles. The van der Waals surface area contributed by atoms with Gasteiger partial charge in [0, 0.05) is 25.8 Å². The van der Waals surface area contributed by atoms with E-state index < -0.39 is 0 Å². The van der Waals surface area contributed by atoms with E-state index in [-0.39, 0.29) is 0 Å². The molecule has 1 unspecified atom stereocenters. The number of nitrogens with one attached hydrogen (secondary N) is 1. The summed E-state index contributed by atoms with van der Waals surface area (Å²) in [6, 6.07) is 17.9. The molecule has 0 amide bonds. The Balaban J connectivity index is 2.28. The normalized spacial score (nSPS) is 12.2. The quantitative estimate of drug-likeness (QED) is 0.878. The fourth-order valence-corrected chi connectivity index (χ4v) is 2.48. The van der Waals surface area contributed by atoms with E-state index in [1.165, 1.54) is 22.4 Å². The summed E-state index contributed by atoms with van der Waals surface area (Å²) in [5, 5.41) is 3.34. The van der Waals surface area contributed by atoms with Gasteiger partial charge in [-0.3, -0.25) is 0 Å². The van der Waals surface area contributed by atoms with Crippen molar-refractivity contribution in [2.45, 2.75) is 19.4 Å². The third kappa shape index (κ3) is 3.20. The molecule has 1 N–H and O–H groups in total. The Hall–Kier alpha value is -1.80. The van der Waals surface area contributed by atoms with Crippen molar-refractivity contribution in [3.05, 3.63) is 54.1 Å². The van der Waals surface area contributed by atoms with Crippen LogP contribution in [0.2, 0.25) is 0 Å². The first kappa shape index (κ1) is 14.6. The van der Waals surface area contributed by atoms with Gasteiger partial charge >= 0.3 is 0 Å². The van der Waals surface area contributed by atoms with Gasteiger partial charge in [-0.15, -0.1) is 0 Å². The summed E-state index contributed by atoms with van der Waals surface area (Å²) in [6.45, 7) is 2.20. The van der Waals surface area contributed by atoms with Crippen LogP contribution in [-0.2, 0) is 0 Å². The number of nitrogens with zero attached hydrogens (tertiary/aromatic N) is 1. The molecule has 106 valence electrons. The summed E-state index contributed by atoms with van der Waals surface area (Å²) in [5.41, 5.74) is 5.11. The van der Waals surface area contributed by atoms with E-state index in [9.17, 15) is 0 Å². The smallest absolute Gasteiger partial charge is 0.0367 e. The molecule has 2 heteroatoms. The van der Waals surface area contributed by atoms with Crippen molar-refractivity contribution in [3.63, 3.8) is 0 Å². The molecule has 0 spiro atoms. The summed E-state index contributed by atoms with van der Waals surface area (Å²) < 4.78 is 0. The Labute approximate surface area is 122 Å². The molecular formula is C18H24N2. The Bertz CT molecular complexity index is 540. The lowest BCUT2D eigenvalue weighted by Gasteiger charge is -2.16.